The van der Waals surface area contributed by atoms with Crippen molar-refractivity contribution in [1.82, 2.24) is 9.03 Å². The molecule has 12 heteroatoms. The maximum absolute atomic E-state index is 12.6. The fraction of sp³-hybridized carbons (Fsp3) is 0.923. The van der Waals surface area contributed by atoms with E-state index in [4.69, 9.17) is 21.5 Å². The Kier molecular flexibility index (Phi) is 5.84. The second-order valence-electron chi connectivity index (χ2n) is 7.32. The van der Waals surface area contributed by atoms with Gasteiger partial charge in [0.1, 0.15) is 5.54 Å². The van der Waals surface area contributed by atoms with Crippen molar-refractivity contribution in [1.29, 1.82) is 0 Å². The minimum atomic E-state index is -3.92. The van der Waals surface area contributed by atoms with Crippen molar-refractivity contribution in [3.05, 3.63) is 0 Å². The topological polar surface area (TPSA) is 179 Å². The molecule has 0 spiro atoms. The lowest BCUT2D eigenvalue weighted by Crippen LogP contribution is -2.56. The van der Waals surface area contributed by atoms with E-state index in [1.807, 2.05) is 0 Å². The largest absolute Gasteiger partial charge is 0.480 e. The number of carbonyl (C=O) groups is 1. The molecule has 0 aromatic heterocycles. The minimum Gasteiger partial charge on any atom is -0.480 e. The number of nitrogens with two attached hydrogens (primary N) is 2. The third-order valence-corrected chi connectivity index (χ3v) is 6.97. The molecule has 10 nitrogen and oxygen atoms in total. The van der Waals surface area contributed by atoms with E-state index >= 15 is 0 Å². The summed E-state index contributed by atoms with van der Waals surface area (Å²) in [6, 6.07) is -0.460. The number of aliphatic carboxylic acids is 1. The molecule has 0 aromatic rings. The van der Waals surface area contributed by atoms with Crippen LogP contribution in [0.3, 0.4) is 0 Å². The van der Waals surface area contributed by atoms with Gasteiger partial charge in [-0.15, -0.1) is 0 Å². The summed E-state index contributed by atoms with van der Waals surface area (Å²) >= 11 is 0. The molecule has 2 rings (SSSR count). The molecular formula is C13H27BN4O6S. The van der Waals surface area contributed by atoms with Crippen molar-refractivity contribution in [3.8, 4) is 0 Å². The van der Waals surface area contributed by atoms with E-state index in [-0.39, 0.29) is 25.8 Å². The maximum Gasteiger partial charge on any atom is 0.451 e. The van der Waals surface area contributed by atoms with Crippen molar-refractivity contribution >= 4 is 23.3 Å². The molecule has 1 saturated carbocycles. The van der Waals surface area contributed by atoms with Crippen LogP contribution < -0.4 is 16.2 Å². The molecule has 1 unspecified atom stereocenters. The zero-order valence-electron chi connectivity index (χ0n) is 14.3. The first-order chi connectivity index (χ1) is 11.4. The highest BCUT2D eigenvalue weighted by Gasteiger charge is 2.53. The molecule has 0 aromatic carbocycles. The SMILES string of the molecule is CC(NS(=O)(=O)N1C[C@H](CCCB(O)O)[C@](N)(C(=O)O)C1)C1(N)CC1. The summed E-state index contributed by atoms with van der Waals surface area (Å²) in [4.78, 5) is 11.6. The Morgan fingerprint density at radius 2 is 2.00 bits per heavy atom. The van der Waals surface area contributed by atoms with Gasteiger partial charge in [-0.25, -0.2) is 0 Å². The van der Waals surface area contributed by atoms with Crippen LogP contribution in [-0.4, -0.2) is 71.2 Å². The number of nitrogens with zero attached hydrogens (tertiary/aromatic N) is 1. The van der Waals surface area contributed by atoms with Crippen molar-refractivity contribution in [3.63, 3.8) is 0 Å². The van der Waals surface area contributed by atoms with Crippen molar-refractivity contribution < 1.29 is 28.4 Å². The lowest BCUT2D eigenvalue weighted by Gasteiger charge is -2.26. The van der Waals surface area contributed by atoms with Crippen LogP contribution in [0, 0.1) is 5.92 Å². The highest BCUT2D eigenvalue weighted by molar-refractivity contribution is 7.87. The maximum atomic E-state index is 12.6. The molecule has 0 amide bonds. The molecule has 1 saturated heterocycles. The molecule has 1 aliphatic carbocycles. The van der Waals surface area contributed by atoms with E-state index in [1.54, 1.807) is 6.92 Å². The summed E-state index contributed by atoms with van der Waals surface area (Å²) in [7, 11) is -5.41. The summed E-state index contributed by atoms with van der Waals surface area (Å²) in [6.45, 7) is 1.31. The van der Waals surface area contributed by atoms with Gasteiger partial charge in [0.15, 0.2) is 0 Å². The molecule has 2 aliphatic rings. The smallest absolute Gasteiger partial charge is 0.451 e. The minimum absolute atomic E-state index is 0.0377. The summed E-state index contributed by atoms with van der Waals surface area (Å²) in [5.41, 5.74) is 9.75. The van der Waals surface area contributed by atoms with Gasteiger partial charge in [-0.2, -0.15) is 17.4 Å². The van der Waals surface area contributed by atoms with Crippen LogP contribution >= 0.6 is 0 Å². The molecule has 0 bridgehead atoms. The average Bonchev–Trinajstić information content (AvgIpc) is 3.13. The number of rotatable bonds is 9. The Bertz CT molecular complexity index is 614. The van der Waals surface area contributed by atoms with Gasteiger partial charge in [0.05, 0.1) is 0 Å². The normalized spacial score (nSPS) is 30.2. The number of nitrogens with one attached hydrogen (secondary N) is 1. The van der Waals surface area contributed by atoms with Crippen LogP contribution in [0.5, 0.6) is 0 Å². The Balaban J connectivity index is 2.07. The Morgan fingerprint density at radius 1 is 1.40 bits per heavy atom. The molecular weight excluding hydrogens is 351 g/mol. The lowest BCUT2D eigenvalue weighted by molar-refractivity contribution is -0.144. The first-order valence-electron chi connectivity index (χ1n) is 8.35. The van der Waals surface area contributed by atoms with Gasteiger partial charge in [0, 0.05) is 30.6 Å². The summed E-state index contributed by atoms with van der Waals surface area (Å²) in [6.07, 6.45) is 2.16. The van der Waals surface area contributed by atoms with Gasteiger partial charge >= 0.3 is 13.1 Å². The predicted octanol–water partition coefficient (Wildman–Crippen LogP) is -2.33. The number of hydrogen-bond acceptors (Lipinski definition) is 7. The zero-order chi connectivity index (χ0) is 19.0. The second kappa shape index (κ2) is 7.10. The summed E-state index contributed by atoms with van der Waals surface area (Å²) in [5.74, 6) is -1.89. The van der Waals surface area contributed by atoms with Crippen LogP contribution in [0.1, 0.15) is 32.6 Å². The highest BCUT2D eigenvalue weighted by atomic mass is 32.2. The van der Waals surface area contributed by atoms with Crippen molar-refractivity contribution in [2.24, 2.45) is 17.4 Å². The first-order valence-corrected chi connectivity index (χ1v) is 9.79. The fourth-order valence-electron chi connectivity index (χ4n) is 3.21. The van der Waals surface area contributed by atoms with E-state index in [1.165, 1.54) is 0 Å². The molecule has 144 valence electrons. The molecule has 8 N–H and O–H groups in total. The second-order valence-corrected chi connectivity index (χ2v) is 9.03. The molecule has 2 fully saturated rings. The fourth-order valence-corrected chi connectivity index (χ4v) is 4.80. The highest BCUT2D eigenvalue weighted by Crippen LogP contribution is 2.37. The molecule has 1 aliphatic heterocycles. The van der Waals surface area contributed by atoms with Gasteiger partial charge in [-0.3, -0.25) is 4.79 Å². The third-order valence-electron chi connectivity index (χ3n) is 5.36. The average molecular weight is 378 g/mol. The van der Waals surface area contributed by atoms with Crippen molar-refractivity contribution in [2.75, 3.05) is 13.1 Å². The van der Waals surface area contributed by atoms with Gasteiger partial charge in [-0.1, -0.05) is 6.42 Å². The van der Waals surface area contributed by atoms with Crippen LogP contribution in [0.2, 0.25) is 6.32 Å². The summed E-state index contributed by atoms with van der Waals surface area (Å²) in [5, 5.41) is 27.3. The van der Waals surface area contributed by atoms with E-state index < -0.39 is 46.3 Å². The van der Waals surface area contributed by atoms with Crippen molar-refractivity contribution in [2.45, 2.75) is 56.0 Å². The van der Waals surface area contributed by atoms with Crippen LogP contribution in [0.4, 0.5) is 0 Å². The van der Waals surface area contributed by atoms with Gasteiger partial charge in [0.25, 0.3) is 10.2 Å². The number of carboxylic acid groups (broad SMARTS) is 1. The number of hydrogen-bond donors (Lipinski definition) is 6. The van der Waals surface area contributed by atoms with Gasteiger partial charge < -0.3 is 26.6 Å². The zero-order valence-corrected chi connectivity index (χ0v) is 15.1. The summed E-state index contributed by atoms with van der Waals surface area (Å²) < 4.78 is 28.7. The van der Waals surface area contributed by atoms with E-state index in [0.29, 0.717) is 6.42 Å². The quantitative estimate of drug-likeness (QED) is 0.242. The third kappa shape index (κ3) is 4.51. The van der Waals surface area contributed by atoms with E-state index in [0.717, 1.165) is 17.1 Å². The van der Waals surface area contributed by atoms with Crippen LogP contribution in [0.25, 0.3) is 0 Å². The van der Waals surface area contributed by atoms with Crippen LogP contribution in [-0.2, 0) is 15.0 Å². The predicted molar refractivity (Wildman–Crippen MR) is 91.5 cm³/mol. The molecule has 0 radical (unpaired) electrons. The molecule has 25 heavy (non-hydrogen) atoms. The first kappa shape index (κ1) is 20.6. The molecule has 1 heterocycles. The standard InChI is InChI=1S/C13H27BN4O6S/c1-9(12(15)4-5-12)17-25(23,24)18-7-10(3-2-6-14(21)22)13(16,8-18)11(19)20/h9-10,17,21-22H,2-8,15-16H2,1H3,(H,19,20)/t9?,10-,13-/m0/s1. The monoisotopic (exact) mass is 378 g/mol. The van der Waals surface area contributed by atoms with Gasteiger partial charge in [-0.05, 0) is 32.5 Å². The van der Waals surface area contributed by atoms with E-state index in [2.05, 4.69) is 4.72 Å². The Labute approximate surface area is 147 Å². The number of carboxylic acids is 1. The van der Waals surface area contributed by atoms with Gasteiger partial charge in [0.2, 0.25) is 0 Å². The Morgan fingerprint density at radius 3 is 2.48 bits per heavy atom. The Hall–Kier alpha value is -0.755. The lowest BCUT2D eigenvalue weighted by atomic mass is 9.78. The molecule has 3 atom stereocenters. The van der Waals surface area contributed by atoms with Crippen LogP contribution in [0.15, 0.2) is 0 Å². The van der Waals surface area contributed by atoms with E-state index in [9.17, 15) is 18.3 Å².